The molecule has 0 heterocycles. The highest BCUT2D eigenvalue weighted by Crippen LogP contribution is 2.27. The number of rotatable bonds is 31. The van der Waals surface area contributed by atoms with Crippen LogP contribution >= 0.6 is 0 Å². The van der Waals surface area contributed by atoms with E-state index in [1.54, 1.807) is 18.2 Å². The SMILES string of the molecule is O=C(/C=C/c1ccc(O)c(O)c1)CCCCCCCCCCCCCCCCCCCCCCCCCC(O)(O)C(=O)/C=C/c1ccc(O)c(O)c1. The Morgan fingerprint density at radius 1 is 0.442 bits per heavy atom. The number of phenols is 4. The summed E-state index contributed by atoms with van der Waals surface area (Å²) in [6.45, 7) is 0. The number of unbranched alkanes of at least 4 members (excludes halogenated alkanes) is 22. The number of hydrogen-bond acceptors (Lipinski definition) is 8. The van der Waals surface area contributed by atoms with Crippen LogP contribution in [0.4, 0.5) is 0 Å². The minimum atomic E-state index is -2.39. The number of aromatic hydroxyl groups is 4. The molecular weight excluding hydrogens is 656 g/mol. The molecule has 2 aromatic carbocycles. The van der Waals surface area contributed by atoms with Gasteiger partial charge in [-0.2, -0.15) is 0 Å². The fourth-order valence-electron chi connectivity index (χ4n) is 6.37. The lowest BCUT2D eigenvalue weighted by molar-refractivity contribution is -0.180. The van der Waals surface area contributed by atoms with Gasteiger partial charge >= 0.3 is 0 Å². The maximum Gasteiger partial charge on any atom is 0.228 e. The second kappa shape index (κ2) is 27.1. The van der Waals surface area contributed by atoms with Gasteiger partial charge in [0.15, 0.2) is 28.8 Å². The summed E-state index contributed by atoms with van der Waals surface area (Å²) in [6, 6.07) is 8.63. The van der Waals surface area contributed by atoms with Crippen molar-refractivity contribution >= 4 is 23.7 Å². The van der Waals surface area contributed by atoms with Gasteiger partial charge in [-0.25, -0.2) is 0 Å². The third kappa shape index (κ3) is 21.0. The average Bonchev–Trinajstić information content (AvgIpc) is 3.12. The molecule has 0 aliphatic heterocycles. The Kier molecular flexibility index (Phi) is 23.2. The molecule has 0 saturated heterocycles. The normalized spacial score (nSPS) is 12.0. The number of ketones is 2. The van der Waals surface area contributed by atoms with E-state index in [1.807, 2.05) is 0 Å². The van der Waals surface area contributed by atoms with Crippen LogP contribution in [0.2, 0.25) is 0 Å². The first-order valence-corrected chi connectivity index (χ1v) is 20.0. The second-order valence-corrected chi connectivity index (χ2v) is 14.4. The van der Waals surface area contributed by atoms with Crippen LogP contribution in [0.25, 0.3) is 12.2 Å². The molecule has 0 spiro atoms. The summed E-state index contributed by atoms with van der Waals surface area (Å²) in [5.74, 6) is -4.00. The van der Waals surface area contributed by atoms with Crippen molar-refractivity contribution in [2.45, 2.75) is 166 Å². The maximum absolute atomic E-state index is 12.2. The number of allylic oxidation sites excluding steroid dienone is 1. The number of hydrogen-bond donors (Lipinski definition) is 6. The predicted octanol–water partition coefficient (Wildman–Crippen LogP) is 10.8. The van der Waals surface area contributed by atoms with Crippen LogP contribution in [-0.4, -0.2) is 48.0 Å². The Hall–Kier alpha value is -3.62. The summed E-state index contributed by atoms with van der Waals surface area (Å²) in [6.07, 6.45) is 34.0. The van der Waals surface area contributed by atoms with Crippen LogP contribution in [-0.2, 0) is 9.59 Å². The molecule has 290 valence electrons. The van der Waals surface area contributed by atoms with Gasteiger partial charge in [0.25, 0.3) is 0 Å². The van der Waals surface area contributed by atoms with E-state index < -0.39 is 11.6 Å². The Balaban J connectivity index is 1.27. The molecule has 52 heavy (non-hydrogen) atoms. The van der Waals surface area contributed by atoms with Crippen LogP contribution in [0.5, 0.6) is 23.0 Å². The van der Waals surface area contributed by atoms with Crippen molar-refractivity contribution in [1.29, 1.82) is 0 Å². The molecule has 0 radical (unpaired) electrons. The molecule has 0 atom stereocenters. The maximum atomic E-state index is 12.2. The van der Waals surface area contributed by atoms with Crippen molar-refractivity contribution in [3.8, 4) is 23.0 Å². The highest BCUT2D eigenvalue weighted by molar-refractivity contribution is 5.98. The molecule has 0 fully saturated rings. The number of aliphatic hydroxyl groups is 2. The molecule has 6 N–H and O–H groups in total. The lowest BCUT2D eigenvalue weighted by atomic mass is 10.0. The van der Waals surface area contributed by atoms with Gasteiger partial charge in [0.1, 0.15) is 0 Å². The molecule has 2 rings (SSSR count). The van der Waals surface area contributed by atoms with Gasteiger partial charge in [-0.05, 0) is 60.4 Å². The standard InChI is InChI=1S/C44H66O8/c45-38(29-25-36-26-30-39(46)41(48)34-36)24-22-20-18-16-14-12-10-8-6-4-2-1-3-5-7-9-11-13-15-17-19-21-23-33-44(51,52)43(50)32-28-37-27-31-40(47)42(49)35-37/h25-32,34-35,46-49,51-52H,1-24,33H2/b29-25+,32-28+. The zero-order valence-electron chi connectivity index (χ0n) is 31.5. The van der Waals surface area contributed by atoms with Crippen LogP contribution in [0.3, 0.4) is 0 Å². The number of carbonyl (C=O) groups excluding carboxylic acids is 2. The third-order valence-electron chi connectivity index (χ3n) is 9.73. The summed E-state index contributed by atoms with van der Waals surface area (Å²) in [7, 11) is 0. The molecule has 2 aromatic rings. The number of benzene rings is 2. The average molecular weight is 723 g/mol. The van der Waals surface area contributed by atoms with Crippen LogP contribution < -0.4 is 0 Å². The topological polar surface area (TPSA) is 156 Å². The first kappa shape index (κ1) is 44.5. The minimum Gasteiger partial charge on any atom is -0.504 e. The minimum absolute atomic E-state index is 0.00889. The monoisotopic (exact) mass is 722 g/mol. The Labute approximate surface area is 312 Å². The molecule has 0 aliphatic carbocycles. The fourth-order valence-corrected chi connectivity index (χ4v) is 6.37. The molecule has 0 amide bonds. The van der Waals surface area contributed by atoms with E-state index in [-0.39, 0.29) is 35.2 Å². The lowest BCUT2D eigenvalue weighted by Crippen LogP contribution is -2.37. The molecule has 0 saturated carbocycles. The summed E-state index contributed by atoms with van der Waals surface area (Å²) in [4.78, 5) is 24.2. The van der Waals surface area contributed by atoms with Crippen LogP contribution in [0, 0.1) is 0 Å². The Morgan fingerprint density at radius 3 is 1.13 bits per heavy atom. The summed E-state index contributed by atoms with van der Waals surface area (Å²) in [5, 5.41) is 58.0. The van der Waals surface area contributed by atoms with Crippen molar-refractivity contribution < 1.29 is 40.2 Å². The van der Waals surface area contributed by atoms with E-state index in [1.165, 1.54) is 146 Å². The quantitative estimate of drug-likeness (QED) is 0.0194. The lowest BCUT2D eigenvalue weighted by Gasteiger charge is -2.18. The zero-order chi connectivity index (χ0) is 37.9. The highest BCUT2D eigenvalue weighted by atomic mass is 16.5. The molecule has 0 aliphatic rings. The van der Waals surface area contributed by atoms with E-state index in [0.717, 1.165) is 38.2 Å². The van der Waals surface area contributed by atoms with Gasteiger partial charge in [0.05, 0.1) is 0 Å². The second-order valence-electron chi connectivity index (χ2n) is 14.4. The summed E-state index contributed by atoms with van der Waals surface area (Å²) >= 11 is 0. The highest BCUT2D eigenvalue weighted by Gasteiger charge is 2.30. The molecule has 0 bridgehead atoms. The molecule has 8 heteroatoms. The smallest absolute Gasteiger partial charge is 0.228 e. The van der Waals surface area contributed by atoms with Crippen molar-refractivity contribution in [1.82, 2.24) is 0 Å². The Bertz CT molecular complexity index is 1350. The van der Waals surface area contributed by atoms with Gasteiger partial charge in [-0.1, -0.05) is 159 Å². The largest absolute Gasteiger partial charge is 0.504 e. The van der Waals surface area contributed by atoms with Gasteiger partial charge in [0.2, 0.25) is 11.6 Å². The van der Waals surface area contributed by atoms with Gasteiger partial charge in [-0.15, -0.1) is 0 Å². The van der Waals surface area contributed by atoms with Gasteiger partial charge < -0.3 is 30.6 Å². The first-order chi connectivity index (χ1) is 25.1. The van der Waals surface area contributed by atoms with E-state index in [9.17, 15) is 40.2 Å². The molecule has 0 aromatic heterocycles. The van der Waals surface area contributed by atoms with E-state index in [4.69, 9.17) is 0 Å². The third-order valence-corrected chi connectivity index (χ3v) is 9.73. The first-order valence-electron chi connectivity index (χ1n) is 20.0. The van der Waals surface area contributed by atoms with E-state index in [0.29, 0.717) is 24.0 Å². The number of carbonyl (C=O) groups is 2. The van der Waals surface area contributed by atoms with Crippen molar-refractivity contribution in [3.05, 3.63) is 59.7 Å². The Morgan fingerprint density at radius 2 is 0.769 bits per heavy atom. The van der Waals surface area contributed by atoms with Gasteiger partial charge in [0, 0.05) is 12.8 Å². The molecule has 8 nitrogen and oxygen atoms in total. The van der Waals surface area contributed by atoms with Crippen molar-refractivity contribution in [2.24, 2.45) is 0 Å². The van der Waals surface area contributed by atoms with Gasteiger partial charge in [-0.3, -0.25) is 9.59 Å². The number of phenolic OH excluding ortho intramolecular Hbond substituents is 4. The van der Waals surface area contributed by atoms with Crippen LogP contribution in [0.15, 0.2) is 48.6 Å². The predicted molar refractivity (Wildman–Crippen MR) is 210 cm³/mol. The molecule has 0 unspecified atom stereocenters. The van der Waals surface area contributed by atoms with Crippen LogP contribution in [0.1, 0.15) is 172 Å². The summed E-state index contributed by atoms with van der Waals surface area (Å²) < 4.78 is 0. The van der Waals surface area contributed by atoms with Crippen molar-refractivity contribution in [2.75, 3.05) is 0 Å². The van der Waals surface area contributed by atoms with Crippen molar-refractivity contribution in [3.63, 3.8) is 0 Å². The zero-order valence-corrected chi connectivity index (χ0v) is 31.5. The fraction of sp³-hybridized carbons (Fsp3) is 0.591. The molecular formula is C44H66O8. The summed E-state index contributed by atoms with van der Waals surface area (Å²) in [5.41, 5.74) is 1.17. The van der Waals surface area contributed by atoms with E-state index >= 15 is 0 Å². The van der Waals surface area contributed by atoms with E-state index in [2.05, 4.69) is 0 Å².